The number of halogens is 1. The molecule has 1 saturated carbocycles. The van der Waals surface area contributed by atoms with Gasteiger partial charge in [-0.1, -0.05) is 33.8 Å². The molecule has 0 atom stereocenters. The quantitative estimate of drug-likeness (QED) is 0.924. The molecule has 0 bridgehead atoms. The fourth-order valence-corrected chi connectivity index (χ4v) is 3.83. The van der Waals surface area contributed by atoms with Gasteiger partial charge in [-0.15, -0.1) is 0 Å². The Balaban J connectivity index is 2.08. The maximum atomic E-state index is 13.1. The first-order valence-electron chi connectivity index (χ1n) is 6.34. The van der Waals surface area contributed by atoms with Gasteiger partial charge in [0, 0.05) is 6.54 Å². The minimum absolute atomic E-state index is 0.0243. The highest BCUT2D eigenvalue weighted by atomic mass is 32.2. The van der Waals surface area contributed by atoms with Crippen molar-refractivity contribution in [3.8, 4) is 0 Å². The van der Waals surface area contributed by atoms with Crippen LogP contribution >= 0.6 is 0 Å². The van der Waals surface area contributed by atoms with Crippen LogP contribution in [-0.4, -0.2) is 15.0 Å². The van der Waals surface area contributed by atoms with Crippen LogP contribution in [0.3, 0.4) is 0 Å². The average Bonchev–Trinajstić information content (AvgIpc) is 2.67. The number of benzene rings is 1. The van der Waals surface area contributed by atoms with Crippen LogP contribution in [0.5, 0.6) is 0 Å². The molecule has 0 aliphatic heterocycles. The van der Waals surface area contributed by atoms with Gasteiger partial charge in [0.25, 0.3) is 0 Å². The van der Waals surface area contributed by atoms with E-state index in [0.717, 1.165) is 6.07 Å². The van der Waals surface area contributed by atoms with Crippen molar-refractivity contribution in [3.63, 3.8) is 0 Å². The van der Waals surface area contributed by atoms with Crippen LogP contribution in [0.4, 0.5) is 4.39 Å². The van der Waals surface area contributed by atoms with Crippen molar-refractivity contribution in [1.82, 2.24) is 4.72 Å². The Labute approximate surface area is 114 Å². The molecule has 106 valence electrons. The standard InChI is InChI=1S/C14H20FNO2S/c1-13(2)12(14(13,3)4)9-16-19(17,18)11-7-5-6-10(15)8-11/h5-8,12,16H,9H2,1-4H3. The zero-order valence-corrected chi connectivity index (χ0v) is 12.5. The summed E-state index contributed by atoms with van der Waals surface area (Å²) in [5.74, 6) is -0.252. The van der Waals surface area contributed by atoms with Gasteiger partial charge in [-0.2, -0.15) is 0 Å². The highest BCUT2D eigenvalue weighted by Crippen LogP contribution is 2.67. The van der Waals surface area contributed by atoms with Crippen LogP contribution in [0.2, 0.25) is 0 Å². The van der Waals surface area contributed by atoms with E-state index in [1.807, 2.05) is 0 Å². The minimum atomic E-state index is -3.63. The van der Waals surface area contributed by atoms with Crippen molar-refractivity contribution in [2.24, 2.45) is 16.7 Å². The second kappa shape index (κ2) is 4.28. The third-order valence-corrected chi connectivity index (χ3v) is 6.32. The van der Waals surface area contributed by atoms with Gasteiger partial charge < -0.3 is 0 Å². The van der Waals surface area contributed by atoms with E-state index in [2.05, 4.69) is 32.4 Å². The van der Waals surface area contributed by atoms with E-state index >= 15 is 0 Å². The maximum Gasteiger partial charge on any atom is 0.240 e. The summed E-state index contributed by atoms with van der Waals surface area (Å²) in [7, 11) is -3.63. The molecule has 19 heavy (non-hydrogen) atoms. The van der Waals surface area contributed by atoms with Crippen LogP contribution < -0.4 is 4.72 Å². The second-order valence-corrected chi connectivity index (χ2v) is 8.07. The molecule has 0 amide bonds. The van der Waals surface area contributed by atoms with Crippen LogP contribution in [0.15, 0.2) is 29.2 Å². The van der Waals surface area contributed by atoms with Crippen LogP contribution in [0.25, 0.3) is 0 Å². The number of hydrogen-bond donors (Lipinski definition) is 1. The van der Waals surface area contributed by atoms with Gasteiger partial charge in [0.05, 0.1) is 4.90 Å². The lowest BCUT2D eigenvalue weighted by Crippen LogP contribution is -2.27. The van der Waals surface area contributed by atoms with Crippen molar-refractivity contribution >= 4 is 10.0 Å². The summed E-state index contributed by atoms with van der Waals surface area (Å²) in [4.78, 5) is -0.0243. The summed E-state index contributed by atoms with van der Waals surface area (Å²) < 4.78 is 39.8. The molecular formula is C14H20FNO2S. The molecule has 1 aliphatic carbocycles. The zero-order valence-electron chi connectivity index (χ0n) is 11.7. The summed E-state index contributed by atoms with van der Waals surface area (Å²) in [5.41, 5.74) is 0.245. The van der Waals surface area contributed by atoms with Crippen molar-refractivity contribution in [3.05, 3.63) is 30.1 Å². The summed E-state index contributed by atoms with van der Waals surface area (Å²) in [6.07, 6.45) is 0. The maximum absolute atomic E-state index is 13.1. The molecule has 0 aromatic heterocycles. The summed E-state index contributed by atoms with van der Waals surface area (Å²) >= 11 is 0. The third kappa shape index (κ3) is 2.41. The first-order valence-corrected chi connectivity index (χ1v) is 7.82. The van der Waals surface area contributed by atoms with E-state index in [0.29, 0.717) is 12.5 Å². The van der Waals surface area contributed by atoms with Crippen LogP contribution in [-0.2, 0) is 10.0 Å². The highest BCUT2D eigenvalue weighted by molar-refractivity contribution is 7.89. The zero-order chi connectivity index (χ0) is 14.5. The average molecular weight is 285 g/mol. The fourth-order valence-electron chi connectivity index (χ4n) is 2.75. The molecule has 0 radical (unpaired) electrons. The molecular weight excluding hydrogens is 265 g/mol. The fraction of sp³-hybridized carbons (Fsp3) is 0.571. The van der Waals surface area contributed by atoms with E-state index in [-0.39, 0.29) is 15.7 Å². The number of rotatable bonds is 4. The first kappa shape index (κ1) is 14.5. The Kier molecular flexibility index (Phi) is 3.26. The lowest BCUT2D eigenvalue weighted by Gasteiger charge is -2.07. The molecule has 0 saturated heterocycles. The molecule has 3 nitrogen and oxygen atoms in total. The van der Waals surface area contributed by atoms with Gasteiger partial charge in [-0.3, -0.25) is 0 Å². The number of sulfonamides is 1. The van der Waals surface area contributed by atoms with Gasteiger partial charge >= 0.3 is 0 Å². The topological polar surface area (TPSA) is 46.2 Å². The van der Waals surface area contributed by atoms with E-state index in [4.69, 9.17) is 0 Å². The lowest BCUT2D eigenvalue weighted by atomic mass is 10.0. The molecule has 1 aromatic rings. The van der Waals surface area contributed by atoms with Crippen molar-refractivity contribution in [2.75, 3.05) is 6.54 Å². The minimum Gasteiger partial charge on any atom is -0.211 e. The van der Waals surface area contributed by atoms with Crippen molar-refractivity contribution < 1.29 is 12.8 Å². The van der Waals surface area contributed by atoms with E-state index in [9.17, 15) is 12.8 Å². The predicted octanol–water partition coefficient (Wildman–Crippen LogP) is 2.79. The molecule has 1 fully saturated rings. The molecule has 0 heterocycles. The van der Waals surface area contributed by atoms with Crippen molar-refractivity contribution in [1.29, 1.82) is 0 Å². The van der Waals surface area contributed by atoms with E-state index in [1.165, 1.54) is 18.2 Å². The molecule has 1 aliphatic rings. The molecule has 2 rings (SSSR count). The third-order valence-electron chi connectivity index (χ3n) is 4.90. The smallest absolute Gasteiger partial charge is 0.211 e. The molecule has 0 spiro atoms. The Hall–Kier alpha value is -0.940. The SMILES string of the molecule is CC1(C)C(CNS(=O)(=O)c2cccc(F)c2)C1(C)C. The number of nitrogens with one attached hydrogen (secondary N) is 1. The van der Waals surface area contributed by atoms with E-state index in [1.54, 1.807) is 0 Å². The Morgan fingerprint density at radius 2 is 1.79 bits per heavy atom. The second-order valence-electron chi connectivity index (χ2n) is 6.31. The summed E-state index contributed by atoms with van der Waals surface area (Å²) in [5, 5.41) is 0. The van der Waals surface area contributed by atoms with Crippen LogP contribution in [0.1, 0.15) is 27.7 Å². The molecule has 1 aromatic carbocycles. The Morgan fingerprint density at radius 3 is 2.26 bits per heavy atom. The lowest BCUT2D eigenvalue weighted by molar-refractivity contribution is 0.457. The highest BCUT2D eigenvalue weighted by Gasteiger charge is 2.64. The monoisotopic (exact) mass is 285 g/mol. The van der Waals surface area contributed by atoms with Gasteiger partial charge in [-0.05, 0) is 34.9 Å². The largest absolute Gasteiger partial charge is 0.240 e. The summed E-state index contributed by atoms with van der Waals surface area (Å²) in [6, 6.07) is 5.06. The van der Waals surface area contributed by atoms with E-state index < -0.39 is 15.8 Å². The molecule has 5 heteroatoms. The first-order chi connectivity index (χ1) is 8.59. The predicted molar refractivity (Wildman–Crippen MR) is 72.6 cm³/mol. The van der Waals surface area contributed by atoms with Crippen molar-refractivity contribution in [2.45, 2.75) is 32.6 Å². The van der Waals surface area contributed by atoms with Crippen LogP contribution in [0, 0.1) is 22.6 Å². The Morgan fingerprint density at radius 1 is 1.21 bits per heavy atom. The normalized spacial score (nSPS) is 21.3. The molecule has 0 unspecified atom stereocenters. The van der Waals surface area contributed by atoms with Gasteiger partial charge in [-0.25, -0.2) is 17.5 Å². The Bertz CT molecular complexity index is 579. The van der Waals surface area contributed by atoms with Gasteiger partial charge in [0.1, 0.15) is 5.82 Å². The molecule has 1 N–H and O–H groups in total. The van der Waals surface area contributed by atoms with Gasteiger partial charge in [0.2, 0.25) is 10.0 Å². The van der Waals surface area contributed by atoms with Gasteiger partial charge in [0.15, 0.2) is 0 Å². The number of hydrogen-bond acceptors (Lipinski definition) is 2. The summed E-state index contributed by atoms with van der Waals surface area (Å²) in [6.45, 7) is 8.92.